The minimum absolute atomic E-state index is 0.0478. The Bertz CT molecular complexity index is 1070. The number of anilines is 1. The fourth-order valence-corrected chi connectivity index (χ4v) is 5.76. The van der Waals surface area contributed by atoms with Crippen LogP contribution in [0.3, 0.4) is 0 Å². The third kappa shape index (κ3) is 4.13. The van der Waals surface area contributed by atoms with Gasteiger partial charge in [0.2, 0.25) is 0 Å². The third-order valence-electron chi connectivity index (χ3n) is 5.42. The molecule has 0 bridgehead atoms. The Morgan fingerprint density at radius 1 is 1.23 bits per heavy atom. The van der Waals surface area contributed by atoms with Crippen LogP contribution in [0.25, 0.3) is 5.57 Å². The molecule has 1 aliphatic carbocycles. The van der Waals surface area contributed by atoms with E-state index in [4.69, 9.17) is 14.0 Å². The molecular weight excluding hydrogens is 420 g/mol. The summed E-state index contributed by atoms with van der Waals surface area (Å²) in [6.07, 6.45) is 3.01. The molecule has 1 aromatic heterocycles. The Kier molecular flexibility index (Phi) is 6.88. The van der Waals surface area contributed by atoms with Crippen molar-refractivity contribution >= 4 is 21.4 Å². The van der Waals surface area contributed by atoms with E-state index in [-0.39, 0.29) is 31.3 Å². The molecule has 0 amide bonds. The predicted octanol–water partition coefficient (Wildman–Crippen LogP) is 3.74. The smallest absolute Gasteiger partial charge is 0.251 e. The molecule has 1 unspecified atom stereocenters. The number of benzene rings is 1. The number of rotatable bonds is 9. The summed E-state index contributed by atoms with van der Waals surface area (Å²) in [5, 5.41) is 14.4. The van der Waals surface area contributed by atoms with E-state index in [0.717, 1.165) is 9.87 Å². The first kappa shape index (κ1) is 23.1. The molecule has 3 rings (SSSR count). The molecule has 1 heterocycles. The molecule has 2 aromatic rings. The lowest BCUT2D eigenvalue weighted by Gasteiger charge is -2.40. The van der Waals surface area contributed by atoms with Crippen molar-refractivity contribution in [2.75, 3.05) is 31.4 Å². The maximum absolute atomic E-state index is 14.3. The molecule has 1 atom stereocenters. The van der Waals surface area contributed by atoms with Gasteiger partial charge < -0.3 is 19.1 Å². The summed E-state index contributed by atoms with van der Waals surface area (Å²) < 4.78 is 44.3. The SMILES string of the molecule is CCOCC1(S(=O)(=O)N(COC)c2noc(C)c2C)CC(O)=CC=C1c1ccccc1. The summed E-state index contributed by atoms with van der Waals surface area (Å²) in [5.41, 5.74) is 1.84. The van der Waals surface area contributed by atoms with Gasteiger partial charge in [-0.1, -0.05) is 41.6 Å². The molecule has 8 nitrogen and oxygen atoms in total. The zero-order chi connectivity index (χ0) is 22.6. The number of sulfonamides is 1. The number of nitrogens with zero attached hydrogens (tertiary/aromatic N) is 2. The fourth-order valence-electron chi connectivity index (χ4n) is 3.67. The maximum Gasteiger partial charge on any atom is 0.251 e. The zero-order valence-corrected chi connectivity index (χ0v) is 19.0. The number of allylic oxidation sites excluding steroid dienone is 3. The Hall–Kier alpha value is -2.62. The van der Waals surface area contributed by atoms with Crippen molar-refractivity contribution in [1.29, 1.82) is 0 Å². The van der Waals surface area contributed by atoms with E-state index in [9.17, 15) is 13.5 Å². The molecule has 1 N–H and O–H groups in total. The van der Waals surface area contributed by atoms with Crippen LogP contribution >= 0.6 is 0 Å². The fraction of sp³-hybridized carbons (Fsp3) is 0.409. The lowest BCUT2D eigenvalue weighted by molar-refractivity contribution is 0.129. The van der Waals surface area contributed by atoms with Crippen LogP contribution in [0, 0.1) is 13.8 Å². The van der Waals surface area contributed by atoms with Gasteiger partial charge in [-0.15, -0.1) is 0 Å². The van der Waals surface area contributed by atoms with Gasteiger partial charge in [0.15, 0.2) is 5.82 Å². The number of aliphatic hydroxyl groups excluding tert-OH is 1. The van der Waals surface area contributed by atoms with Gasteiger partial charge in [-0.05, 0) is 38.0 Å². The zero-order valence-electron chi connectivity index (χ0n) is 18.2. The van der Waals surface area contributed by atoms with Crippen molar-refractivity contribution in [2.24, 2.45) is 0 Å². The van der Waals surface area contributed by atoms with Gasteiger partial charge in [0.05, 0.1) is 12.4 Å². The molecule has 168 valence electrons. The monoisotopic (exact) mass is 448 g/mol. The summed E-state index contributed by atoms with van der Waals surface area (Å²) >= 11 is 0. The van der Waals surface area contributed by atoms with Crippen molar-refractivity contribution in [2.45, 2.75) is 31.9 Å². The van der Waals surface area contributed by atoms with Gasteiger partial charge in [-0.25, -0.2) is 12.7 Å². The van der Waals surface area contributed by atoms with Crippen LogP contribution in [0.15, 0.2) is 52.8 Å². The van der Waals surface area contributed by atoms with Crippen molar-refractivity contribution in [3.63, 3.8) is 0 Å². The first-order valence-corrected chi connectivity index (χ1v) is 11.4. The lowest BCUT2D eigenvalue weighted by atomic mass is 9.85. The first-order valence-electron chi connectivity index (χ1n) is 9.96. The standard InChI is InChI=1S/C22H28N2O6S/c1-5-29-14-22(13-19(25)11-12-20(22)18-9-7-6-8-10-18)31(26,27)24(15-28-4)21-16(2)17(3)30-23-21/h6-12,25H,5,13-15H2,1-4H3. The summed E-state index contributed by atoms with van der Waals surface area (Å²) in [6, 6.07) is 9.21. The van der Waals surface area contributed by atoms with Crippen LogP contribution in [0.5, 0.6) is 0 Å². The number of aromatic nitrogens is 1. The minimum atomic E-state index is -4.22. The highest BCUT2D eigenvalue weighted by molar-refractivity contribution is 7.94. The van der Waals surface area contributed by atoms with E-state index < -0.39 is 14.8 Å². The Labute approximate surface area is 182 Å². The third-order valence-corrected chi connectivity index (χ3v) is 7.75. The van der Waals surface area contributed by atoms with Gasteiger partial charge in [-0.3, -0.25) is 0 Å². The molecule has 0 radical (unpaired) electrons. The lowest BCUT2D eigenvalue weighted by Crippen LogP contribution is -2.54. The van der Waals surface area contributed by atoms with E-state index in [1.54, 1.807) is 26.8 Å². The second-order valence-electron chi connectivity index (χ2n) is 7.37. The normalized spacial score (nSPS) is 19.1. The quantitative estimate of drug-likeness (QED) is 0.583. The van der Waals surface area contributed by atoms with Crippen molar-refractivity contribution < 1.29 is 27.5 Å². The number of aryl methyl sites for hydroxylation is 1. The molecule has 0 saturated carbocycles. The number of ether oxygens (including phenoxy) is 2. The van der Waals surface area contributed by atoms with E-state index in [1.165, 1.54) is 13.2 Å². The van der Waals surface area contributed by atoms with E-state index in [0.29, 0.717) is 23.5 Å². The van der Waals surface area contributed by atoms with Crippen molar-refractivity contribution in [1.82, 2.24) is 5.16 Å². The van der Waals surface area contributed by atoms with Crippen molar-refractivity contribution in [3.8, 4) is 0 Å². The first-order chi connectivity index (χ1) is 14.8. The number of methoxy groups -OCH3 is 1. The van der Waals surface area contributed by atoms with Crippen LogP contribution in [0.2, 0.25) is 0 Å². The molecule has 0 aliphatic heterocycles. The highest BCUT2D eigenvalue weighted by atomic mass is 32.2. The second-order valence-corrected chi connectivity index (χ2v) is 9.54. The van der Waals surface area contributed by atoms with Crippen LogP contribution in [0.1, 0.15) is 30.2 Å². The van der Waals surface area contributed by atoms with Crippen LogP contribution < -0.4 is 4.31 Å². The topological polar surface area (TPSA) is 102 Å². The molecule has 31 heavy (non-hydrogen) atoms. The van der Waals surface area contributed by atoms with Gasteiger partial charge in [-0.2, -0.15) is 0 Å². The largest absolute Gasteiger partial charge is 0.512 e. The molecule has 1 aliphatic rings. The predicted molar refractivity (Wildman–Crippen MR) is 118 cm³/mol. The summed E-state index contributed by atoms with van der Waals surface area (Å²) in [6.45, 7) is 5.14. The number of aliphatic hydroxyl groups is 1. The summed E-state index contributed by atoms with van der Waals surface area (Å²) in [4.78, 5) is 0. The molecular formula is C22H28N2O6S. The number of hydrogen-bond donors (Lipinski definition) is 1. The van der Waals surface area contributed by atoms with Gasteiger partial charge >= 0.3 is 0 Å². The van der Waals surface area contributed by atoms with E-state index in [1.807, 2.05) is 30.3 Å². The maximum atomic E-state index is 14.3. The van der Waals surface area contributed by atoms with E-state index in [2.05, 4.69) is 5.16 Å². The molecule has 1 aromatic carbocycles. The van der Waals surface area contributed by atoms with Crippen molar-refractivity contribution in [3.05, 3.63) is 65.1 Å². The highest BCUT2D eigenvalue weighted by Crippen LogP contribution is 2.45. The second kappa shape index (κ2) is 9.25. The van der Waals surface area contributed by atoms with Gasteiger partial charge in [0.1, 0.15) is 17.2 Å². The average Bonchev–Trinajstić information content (AvgIpc) is 3.09. The Balaban J connectivity index is 2.25. The highest BCUT2D eigenvalue weighted by Gasteiger charge is 2.53. The van der Waals surface area contributed by atoms with Gasteiger partial charge in [0.25, 0.3) is 10.0 Å². The summed E-state index contributed by atoms with van der Waals surface area (Å²) in [5.74, 6) is 0.612. The Morgan fingerprint density at radius 2 is 1.94 bits per heavy atom. The summed E-state index contributed by atoms with van der Waals surface area (Å²) in [7, 11) is -2.81. The molecule has 9 heteroatoms. The van der Waals surface area contributed by atoms with Crippen LogP contribution in [-0.4, -0.2) is 50.5 Å². The minimum Gasteiger partial charge on any atom is -0.512 e. The average molecular weight is 449 g/mol. The molecule has 0 spiro atoms. The molecule has 0 saturated heterocycles. The Morgan fingerprint density at radius 3 is 2.52 bits per heavy atom. The van der Waals surface area contributed by atoms with Crippen LogP contribution in [0.4, 0.5) is 5.82 Å². The van der Waals surface area contributed by atoms with Crippen LogP contribution in [-0.2, 0) is 19.5 Å². The van der Waals surface area contributed by atoms with E-state index >= 15 is 0 Å². The number of hydrogen-bond acceptors (Lipinski definition) is 7. The van der Waals surface area contributed by atoms with Gasteiger partial charge in [0, 0.05) is 25.7 Å². The molecule has 0 fully saturated rings.